The van der Waals surface area contributed by atoms with Gasteiger partial charge in [-0.15, -0.1) is 11.8 Å². The minimum atomic E-state index is 0.875. The molecule has 0 unspecified atom stereocenters. The largest absolute Gasteiger partial charge is 0.312 e. The molecule has 0 aliphatic heterocycles. The number of hydrogen-bond donors (Lipinski definition) is 2. The Labute approximate surface area is 85.3 Å². The smallest absolute Gasteiger partial charge is 0.0638 e. The molecule has 1 heterocycles. The van der Waals surface area contributed by atoms with E-state index < -0.39 is 0 Å². The first-order chi connectivity index (χ1) is 6.75. The number of hydrogen-bond acceptors (Lipinski definition) is 2. The van der Waals surface area contributed by atoms with Gasteiger partial charge in [-0.05, 0) is 20.8 Å². The van der Waals surface area contributed by atoms with Gasteiger partial charge >= 0.3 is 0 Å². The van der Waals surface area contributed by atoms with Crippen LogP contribution in [0.1, 0.15) is 30.3 Å². The van der Waals surface area contributed by atoms with Crippen LogP contribution in [-0.4, -0.2) is 16.7 Å². The van der Waals surface area contributed by atoms with E-state index in [1.165, 1.54) is 5.56 Å². The normalized spacial score (nSPS) is 9.64. The summed E-state index contributed by atoms with van der Waals surface area (Å²) in [5.74, 6) is 5.90. The van der Waals surface area contributed by atoms with Gasteiger partial charge in [-0.25, -0.2) is 0 Å². The number of aryl methyl sites for hydroxylation is 2. The fraction of sp³-hybridized carbons (Fsp3) is 0.545. The van der Waals surface area contributed by atoms with Crippen molar-refractivity contribution in [1.29, 1.82) is 0 Å². The number of aromatic amines is 1. The lowest BCUT2D eigenvalue weighted by Gasteiger charge is -2.02. The Balaban J connectivity index is 2.33. The molecule has 0 bridgehead atoms. The molecule has 0 atom stereocenters. The van der Waals surface area contributed by atoms with Crippen LogP contribution in [0.2, 0.25) is 0 Å². The van der Waals surface area contributed by atoms with Gasteiger partial charge in [0.25, 0.3) is 0 Å². The zero-order chi connectivity index (χ0) is 10.4. The van der Waals surface area contributed by atoms with Crippen LogP contribution in [0.3, 0.4) is 0 Å². The summed E-state index contributed by atoms with van der Waals surface area (Å²) in [6.07, 6.45) is 0.909. The summed E-state index contributed by atoms with van der Waals surface area (Å²) in [5, 5.41) is 10.5. The first-order valence-corrected chi connectivity index (χ1v) is 4.86. The lowest BCUT2D eigenvalue weighted by molar-refractivity contribution is 0.696. The van der Waals surface area contributed by atoms with Crippen LogP contribution in [0.4, 0.5) is 0 Å². The molecule has 2 N–H and O–H groups in total. The Bertz CT molecular complexity index is 322. The van der Waals surface area contributed by atoms with Crippen molar-refractivity contribution in [3.05, 3.63) is 17.0 Å². The topological polar surface area (TPSA) is 40.7 Å². The van der Waals surface area contributed by atoms with Crippen molar-refractivity contribution in [2.75, 3.05) is 6.54 Å². The molecule has 0 amide bonds. The van der Waals surface area contributed by atoms with Crippen molar-refractivity contribution in [2.24, 2.45) is 0 Å². The zero-order valence-electron chi connectivity index (χ0n) is 9.07. The molecule has 0 aromatic carbocycles. The lowest BCUT2D eigenvalue weighted by Crippen LogP contribution is -2.15. The second-order valence-corrected chi connectivity index (χ2v) is 3.27. The molecule has 76 valence electrons. The van der Waals surface area contributed by atoms with Crippen LogP contribution >= 0.6 is 0 Å². The highest BCUT2D eigenvalue weighted by Crippen LogP contribution is 2.07. The van der Waals surface area contributed by atoms with Crippen LogP contribution in [-0.2, 0) is 6.54 Å². The first kappa shape index (κ1) is 10.8. The van der Waals surface area contributed by atoms with E-state index in [1.54, 1.807) is 0 Å². The fourth-order valence-corrected chi connectivity index (χ4v) is 1.32. The molecule has 0 saturated heterocycles. The van der Waals surface area contributed by atoms with E-state index >= 15 is 0 Å². The lowest BCUT2D eigenvalue weighted by atomic mass is 10.2. The molecule has 14 heavy (non-hydrogen) atoms. The third-order valence-electron chi connectivity index (χ3n) is 2.19. The second-order valence-electron chi connectivity index (χ2n) is 3.27. The summed E-state index contributed by atoms with van der Waals surface area (Å²) in [4.78, 5) is 0. The minimum Gasteiger partial charge on any atom is -0.312 e. The van der Waals surface area contributed by atoms with Gasteiger partial charge in [0.2, 0.25) is 0 Å². The van der Waals surface area contributed by atoms with Gasteiger partial charge in [-0.2, -0.15) is 5.10 Å². The summed E-state index contributed by atoms with van der Waals surface area (Å²) in [6.45, 7) is 7.74. The summed E-state index contributed by atoms with van der Waals surface area (Å²) in [5.41, 5.74) is 3.50. The molecule has 0 radical (unpaired) electrons. The molecule has 0 aliphatic carbocycles. The number of H-pyrrole nitrogens is 1. The quantitative estimate of drug-likeness (QED) is 0.559. The molecular formula is C11H17N3. The highest BCUT2D eigenvalue weighted by Gasteiger charge is 2.04. The van der Waals surface area contributed by atoms with Gasteiger partial charge in [-0.3, -0.25) is 5.10 Å². The van der Waals surface area contributed by atoms with Crippen LogP contribution < -0.4 is 5.32 Å². The van der Waals surface area contributed by atoms with Gasteiger partial charge in [0.15, 0.2) is 0 Å². The Morgan fingerprint density at radius 2 is 2.21 bits per heavy atom. The molecule has 0 spiro atoms. The van der Waals surface area contributed by atoms with Gasteiger partial charge in [0.05, 0.1) is 5.69 Å². The molecule has 3 heteroatoms. The molecule has 0 aliphatic rings. The maximum absolute atomic E-state index is 4.14. The Hall–Kier alpha value is -1.27. The molecule has 0 fully saturated rings. The zero-order valence-corrected chi connectivity index (χ0v) is 9.07. The maximum atomic E-state index is 4.14. The number of nitrogens with one attached hydrogen (secondary N) is 2. The van der Waals surface area contributed by atoms with E-state index in [4.69, 9.17) is 0 Å². The highest BCUT2D eigenvalue weighted by atomic mass is 15.1. The third-order valence-corrected chi connectivity index (χ3v) is 2.19. The van der Waals surface area contributed by atoms with Crippen molar-refractivity contribution < 1.29 is 0 Å². The number of aromatic nitrogens is 2. The predicted molar refractivity (Wildman–Crippen MR) is 57.8 cm³/mol. The van der Waals surface area contributed by atoms with E-state index in [0.717, 1.165) is 30.9 Å². The molecule has 3 nitrogen and oxygen atoms in total. The molecule has 0 saturated carbocycles. The molecular weight excluding hydrogens is 174 g/mol. The van der Waals surface area contributed by atoms with Gasteiger partial charge < -0.3 is 5.32 Å². The minimum absolute atomic E-state index is 0.875. The summed E-state index contributed by atoms with van der Waals surface area (Å²) < 4.78 is 0. The van der Waals surface area contributed by atoms with Crippen molar-refractivity contribution in [1.82, 2.24) is 15.5 Å². The summed E-state index contributed by atoms with van der Waals surface area (Å²) in [6, 6.07) is 0. The van der Waals surface area contributed by atoms with Crippen molar-refractivity contribution in [3.8, 4) is 11.8 Å². The standard InChI is InChI=1S/C11H17N3/c1-4-5-6-7-12-8-11-9(2)13-14-10(11)3/h12H,6-8H2,1-3H3,(H,13,14). The Kier molecular flexibility index (Phi) is 4.21. The van der Waals surface area contributed by atoms with E-state index in [-0.39, 0.29) is 0 Å². The molecule has 1 aromatic heterocycles. The maximum Gasteiger partial charge on any atom is 0.0638 e. The fourth-order valence-electron chi connectivity index (χ4n) is 1.32. The van der Waals surface area contributed by atoms with E-state index in [0.29, 0.717) is 0 Å². The van der Waals surface area contributed by atoms with E-state index in [9.17, 15) is 0 Å². The number of nitrogens with zero attached hydrogens (tertiary/aromatic N) is 1. The van der Waals surface area contributed by atoms with Crippen LogP contribution in [0.15, 0.2) is 0 Å². The SMILES string of the molecule is CC#CCCNCc1c(C)n[nH]c1C. The second kappa shape index (κ2) is 5.46. The third kappa shape index (κ3) is 2.90. The van der Waals surface area contributed by atoms with Crippen LogP contribution in [0, 0.1) is 25.7 Å². The molecule has 1 aromatic rings. The van der Waals surface area contributed by atoms with E-state index in [1.807, 2.05) is 20.8 Å². The van der Waals surface area contributed by atoms with Crippen molar-refractivity contribution >= 4 is 0 Å². The van der Waals surface area contributed by atoms with Gasteiger partial charge in [-0.1, -0.05) is 0 Å². The summed E-state index contributed by atoms with van der Waals surface area (Å²) in [7, 11) is 0. The Morgan fingerprint density at radius 1 is 1.43 bits per heavy atom. The van der Waals surface area contributed by atoms with Crippen LogP contribution in [0.25, 0.3) is 0 Å². The highest BCUT2D eigenvalue weighted by molar-refractivity contribution is 5.22. The van der Waals surface area contributed by atoms with Crippen LogP contribution in [0.5, 0.6) is 0 Å². The summed E-state index contributed by atoms with van der Waals surface area (Å²) >= 11 is 0. The van der Waals surface area contributed by atoms with Crippen molar-refractivity contribution in [3.63, 3.8) is 0 Å². The van der Waals surface area contributed by atoms with Crippen molar-refractivity contribution in [2.45, 2.75) is 33.7 Å². The van der Waals surface area contributed by atoms with Gasteiger partial charge in [0.1, 0.15) is 0 Å². The molecule has 1 rings (SSSR count). The predicted octanol–water partition coefficient (Wildman–Crippen LogP) is 1.53. The Morgan fingerprint density at radius 3 is 2.79 bits per heavy atom. The average molecular weight is 191 g/mol. The monoisotopic (exact) mass is 191 g/mol. The average Bonchev–Trinajstić information content (AvgIpc) is 2.48. The number of rotatable bonds is 4. The van der Waals surface area contributed by atoms with E-state index in [2.05, 4.69) is 27.4 Å². The van der Waals surface area contributed by atoms with Gasteiger partial charge in [0, 0.05) is 30.8 Å². The first-order valence-electron chi connectivity index (χ1n) is 4.86.